The molecule has 2 aromatic carbocycles. The van der Waals surface area contributed by atoms with Gasteiger partial charge in [-0.1, -0.05) is 60.5 Å². The predicted molar refractivity (Wildman–Crippen MR) is 151 cm³/mol. The Kier molecular flexibility index (Phi) is 10.2. The first-order chi connectivity index (χ1) is 18.9. The minimum absolute atomic E-state index is 0.302. The van der Waals surface area contributed by atoms with Crippen molar-refractivity contribution >= 4 is 47.7 Å². The SMILES string of the molecule is CSNB(O)C1CCC(n2cnc3c(NC(=O)Nc4ccccc4)ncnc32)O1.OC(O)Cc1ccccc1. The Balaban J connectivity index is 0.000000298. The number of benzene rings is 2. The Morgan fingerprint density at radius 2 is 1.79 bits per heavy atom. The molecule has 39 heavy (non-hydrogen) atoms. The number of anilines is 2. The minimum atomic E-state index is -1.23. The summed E-state index contributed by atoms with van der Waals surface area (Å²) in [4.78, 5) is 25.1. The average molecular weight is 551 g/mol. The molecule has 2 amide bonds. The summed E-state index contributed by atoms with van der Waals surface area (Å²) in [5, 5.41) is 32.7. The lowest BCUT2D eigenvalue weighted by molar-refractivity contribution is -0.0381. The number of rotatable bonds is 8. The van der Waals surface area contributed by atoms with Crippen LogP contribution in [0.3, 0.4) is 0 Å². The number of hydrogen-bond acceptors (Lipinski definition) is 10. The Bertz CT molecular complexity index is 1330. The lowest BCUT2D eigenvalue weighted by Crippen LogP contribution is -2.41. The van der Waals surface area contributed by atoms with E-state index in [1.165, 1.54) is 18.3 Å². The highest BCUT2D eigenvalue weighted by Gasteiger charge is 2.36. The molecule has 5 rings (SSSR count). The average Bonchev–Trinajstić information content (AvgIpc) is 3.58. The van der Waals surface area contributed by atoms with E-state index in [1.54, 1.807) is 23.0 Å². The number of carbonyl (C=O) groups excluding carboxylic acids is 1. The van der Waals surface area contributed by atoms with E-state index in [0.717, 1.165) is 5.56 Å². The quantitative estimate of drug-likeness (QED) is 0.109. The zero-order chi connectivity index (χ0) is 27.6. The van der Waals surface area contributed by atoms with Crippen LogP contribution in [0, 0.1) is 0 Å². The summed E-state index contributed by atoms with van der Waals surface area (Å²) >= 11 is 1.34. The van der Waals surface area contributed by atoms with Crippen LogP contribution in [0.1, 0.15) is 24.6 Å². The Hall–Kier alpha value is -3.53. The molecule has 204 valence electrons. The summed E-state index contributed by atoms with van der Waals surface area (Å²) in [6.45, 7) is 0. The molecule has 1 fully saturated rings. The first-order valence-corrected chi connectivity index (χ1v) is 13.5. The predicted octanol–water partition coefficient (Wildman–Crippen LogP) is 2.58. The Morgan fingerprint density at radius 1 is 1.08 bits per heavy atom. The van der Waals surface area contributed by atoms with E-state index in [9.17, 15) is 9.82 Å². The Labute approximate surface area is 230 Å². The van der Waals surface area contributed by atoms with E-state index < -0.39 is 19.4 Å². The number of nitrogens with one attached hydrogen (secondary N) is 3. The van der Waals surface area contributed by atoms with Crippen LogP contribution in [-0.2, 0) is 11.2 Å². The fourth-order valence-corrected chi connectivity index (χ4v) is 4.44. The van der Waals surface area contributed by atoms with Crippen molar-refractivity contribution in [1.29, 1.82) is 0 Å². The molecular weight excluding hydrogens is 521 g/mol. The number of imidazole rings is 1. The molecule has 0 aliphatic carbocycles. The molecule has 4 aromatic rings. The second kappa shape index (κ2) is 14.0. The number of urea groups is 1. The smallest absolute Gasteiger partial charge is 0.418 e. The maximum Gasteiger partial charge on any atom is 0.418 e. The van der Waals surface area contributed by atoms with Crippen LogP contribution in [-0.4, -0.2) is 66.4 Å². The lowest BCUT2D eigenvalue weighted by atomic mass is 9.76. The van der Waals surface area contributed by atoms with Crippen LogP contribution >= 0.6 is 11.9 Å². The highest BCUT2D eigenvalue weighted by atomic mass is 32.2. The molecule has 14 heteroatoms. The highest BCUT2D eigenvalue weighted by Crippen LogP contribution is 2.31. The van der Waals surface area contributed by atoms with E-state index in [2.05, 4.69) is 30.2 Å². The zero-order valence-corrected chi connectivity index (χ0v) is 22.0. The third kappa shape index (κ3) is 7.99. The van der Waals surface area contributed by atoms with Gasteiger partial charge in [0, 0.05) is 12.1 Å². The molecule has 2 aromatic heterocycles. The van der Waals surface area contributed by atoms with Gasteiger partial charge in [-0.25, -0.2) is 19.7 Å². The zero-order valence-electron chi connectivity index (χ0n) is 21.2. The van der Waals surface area contributed by atoms with Crippen molar-refractivity contribution in [3.8, 4) is 0 Å². The second-order valence-electron chi connectivity index (χ2n) is 8.64. The molecule has 1 aliphatic heterocycles. The van der Waals surface area contributed by atoms with Crippen LogP contribution in [0.15, 0.2) is 73.3 Å². The number of fused-ring (bicyclic) bond motifs is 1. The molecule has 2 unspecified atom stereocenters. The van der Waals surface area contributed by atoms with E-state index in [0.29, 0.717) is 41.9 Å². The number of ether oxygens (including phenoxy) is 1. The number of aromatic nitrogens is 4. The molecule has 0 bridgehead atoms. The maximum absolute atomic E-state index is 12.3. The van der Waals surface area contributed by atoms with Crippen LogP contribution in [0.2, 0.25) is 0 Å². The van der Waals surface area contributed by atoms with Gasteiger partial charge in [0.1, 0.15) is 12.6 Å². The van der Waals surface area contributed by atoms with Crippen LogP contribution < -0.4 is 15.3 Å². The molecule has 0 spiro atoms. The molecule has 0 saturated carbocycles. The van der Waals surface area contributed by atoms with E-state index in [4.69, 9.17) is 14.9 Å². The first kappa shape index (κ1) is 28.5. The van der Waals surface area contributed by atoms with Crippen molar-refractivity contribution in [2.75, 3.05) is 16.9 Å². The van der Waals surface area contributed by atoms with Crippen molar-refractivity contribution in [3.05, 3.63) is 78.9 Å². The normalized spacial score (nSPS) is 16.5. The van der Waals surface area contributed by atoms with Crippen molar-refractivity contribution in [2.24, 2.45) is 0 Å². The van der Waals surface area contributed by atoms with Gasteiger partial charge in [0.2, 0.25) is 0 Å². The van der Waals surface area contributed by atoms with E-state index >= 15 is 0 Å². The number of aliphatic hydroxyl groups is 2. The third-order valence-corrected chi connectivity index (χ3v) is 6.29. The van der Waals surface area contributed by atoms with Gasteiger partial charge >= 0.3 is 13.1 Å². The van der Waals surface area contributed by atoms with Crippen molar-refractivity contribution in [2.45, 2.75) is 37.8 Å². The van der Waals surface area contributed by atoms with Crippen LogP contribution in [0.25, 0.3) is 11.2 Å². The summed E-state index contributed by atoms with van der Waals surface area (Å²) in [6, 6.07) is 17.7. The van der Waals surface area contributed by atoms with Gasteiger partial charge in [0.15, 0.2) is 23.3 Å². The summed E-state index contributed by atoms with van der Waals surface area (Å²) in [6.07, 6.45) is 5.01. The molecule has 2 atom stereocenters. The van der Waals surface area contributed by atoms with Gasteiger partial charge < -0.3 is 25.3 Å². The van der Waals surface area contributed by atoms with Gasteiger partial charge in [-0.3, -0.25) is 14.5 Å². The van der Waals surface area contributed by atoms with E-state index in [-0.39, 0.29) is 12.2 Å². The number of amides is 2. The number of aliphatic hydroxyl groups excluding tert-OH is 1. The number of para-hydroxylation sites is 1. The van der Waals surface area contributed by atoms with Crippen molar-refractivity contribution in [3.63, 3.8) is 0 Å². The van der Waals surface area contributed by atoms with Crippen molar-refractivity contribution in [1.82, 2.24) is 24.2 Å². The molecule has 12 nitrogen and oxygen atoms in total. The molecule has 0 radical (unpaired) electrons. The van der Waals surface area contributed by atoms with Crippen LogP contribution in [0.4, 0.5) is 16.3 Å². The summed E-state index contributed by atoms with van der Waals surface area (Å²) in [5.74, 6) is 0.306. The van der Waals surface area contributed by atoms with Crippen molar-refractivity contribution < 1.29 is 24.8 Å². The highest BCUT2D eigenvalue weighted by molar-refractivity contribution is 7.97. The molecule has 6 N–H and O–H groups in total. The van der Waals surface area contributed by atoms with Gasteiger partial charge in [-0.05, 0) is 36.8 Å². The molecule has 1 aliphatic rings. The standard InChI is InChI=1S/C17H20BN7O3S.C8H10O2/c1-29-24-18(27)12-7-8-13(28-12)25-10-21-14-15(19-9-20-16(14)25)23-17(26)22-11-5-3-2-4-6-11;9-8(10)6-7-4-2-1-3-5-7/h2-6,9-10,12-13,24,27H,7-8H2,1H3,(H2,19,20,22,23,26);1-5,8-10H,6H2. The number of hydrogen-bond donors (Lipinski definition) is 6. The Morgan fingerprint density at radius 3 is 2.49 bits per heavy atom. The third-order valence-electron chi connectivity index (χ3n) is 5.81. The molecule has 1 saturated heterocycles. The summed E-state index contributed by atoms with van der Waals surface area (Å²) in [7, 11) is -0.752. The summed E-state index contributed by atoms with van der Waals surface area (Å²) < 4.78 is 10.6. The maximum atomic E-state index is 12.3. The fourth-order valence-electron chi connectivity index (χ4n) is 4.05. The molecular formula is C25H30BN7O5S. The number of carbonyl (C=O) groups is 1. The second-order valence-corrected chi connectivity index (χ2v) is 9.28. The first-order valence-electron chi connectivity index (χ1n) is 12.3. The van der Waals surface area contributed by atoms with Gasteiger partial charge in [0.05, 0.1) is 12.3 Å². The van der Waals surface area contributed by atoms with Gasteiger partial charge in [-0.2, -0.15) is 0 Å². The fraction of sp³-hybridized carbons (Fsp3) is 0.280. The topological polar surface area (TPSA) is 167 Å². The summed E-state index contributed by atoms with van der Waals surface area (Å²) in [5.41, 5.74) is 2.62. The van der Waals surface area contributed by atoms with Gasteiger partial charge in [0.25, 0.3) is 0 Å². The van der Waals surface area contributed by atoms with E-state index in [1.807, 2.05) is 54.8 Å². The lowest BCUT2D eigenvalue weighted by Gasteiger charge is -2.17. The monoisotopic (exact) mass is 551 g/mol. The number of nitrogens with zero attached hydrogens (tertiary/aromatic N) is 4. The minimum Gasteiger partial charge on any atom is -0.435 e. The van der Waals surface area contributed by atoms with Gasteiger partial charge in [-0.15, -0.1) is 0 Å². The van der Waals surface area contributed by atoms with Crippen LogP contribution in [0.5, 0.6) is 0 Å². The molecule has 3 heterocycles. The largest absolute Gasteiger partial charge is 0.435 e.